The molecule has 1 amide bonds. The highest BCUT2D eigenvalue weighted by Gasteiger charge is 2.20. The molecule has 2 unspecified atom stereocenters. The molecule has 0 bridgehead atoms. The maximum absolute atomic E-state index is 12.2. The van der Waals surface area contributed by atoms with Crippen LogP contribution in [0.1, 0.15) is 43.0 Å². The molecule has 1 fully saturated rings. The third-order valence-corrected chi connectivity index (χ3v) is 4.48. The molecule has 0 heterocycles. The fourth-order valence-electron chi connectivity index (χ4n) is 3.09. The molecule has 0 aromatic heterocycles. The maximum Gasteiger partial charge on any atom is 0.255 e. The van der Waals surface area contributed by atoms with Gasteiger partial charge in [0.05, 0.1) is 5.56 Å². The Kier molecular flexibility index (Phi) is 5.51. The second kappa shape index (κ2) is 7.17. The lowest BCUT2D eigenvalue weighted by molar-refractivity contribution is 0.0828. The number of benzene rings is 1. The number of hydrogen-bond donors (Lipinski definition) is 1. The van der Waals surface area contributed by atoms with E-state index < -0.39 is 0 Å². The van der Waals surface area contributed by atoms with Gasteiger partial charge in [0.15, 0.2) is 0 Å². The molecule has 1 saturated carbocycles. The van der Waals surface area contributed by atoms with Gasteiger partial charge in [-0.25, -0.2) is 0 Å². The van der Waals surface area contributed by atoms with Crippen molar-refractivity contribution in [1.82, 2.24) is 4.90 Å². The molecule has 1 aromatic rings. The fraction of sp³-hybridized carbons (Fsp3) is 0.588. The molecule has 1 aromatic carbocycles. The number of rotatable bonds is 4. The summed E-state index contributed by atoms with van der Waals surface area (Å²) < 4.78 is 0. The highest BCUT2D eigenvalue weighted by molar-refractivity contribution is 6.31. The molecule has 21 heavy (non-hydrogen) atoms. The quantitative estimate of drug-likeness (QED) is 0.900. The van der Waals surface area contributed by atoms with Crippen LogP contribution in [0.4, 0.5) is 5.69 Å². The Balaban J connectivity index is 2.07. The molecular formula is C17H25ClN2O. The minimum Gasteiger partial charge on any atom is -0.384 e. The highest BCUT2D eigenvalue weighted by Crippen LogP contribution is 2.29. The van der Waals surface area contributed by atoms with Gasteiger partial charge in [-0.15, -0.1) is 0 Å². The summed E-state index contributed by atoms with van der Waals surface area (Å²) in [5.74, 6) is 1.51. The molecule has 116 valence electrons. The van der Waals surface area contributed by atoms with E-state index in [2.05, 4.69) is 12.2 Å². The zero-order valence-corrected chi connectivity index (χ0v) is 13.9. The van der Waals surface area contributed by atoms with Crippen LogP contribution < -0.4 is 5.32 Å². The Morgan fingerprint density at radius 3 is 2.81 bits per heavy atom. The lowest BCUT2D eigenvalue weighted by Gasteiger charge is -2.27. The molecule has 2 atom stereocenters. The molecule has 4 heteroatoms. The van der Waals surface area contributed by atoms with Crippen molar-refractivity contribution in [1.29, 1.82) is 0 Å². The number of hydrogen-bond acceptors (Lipinski definition) is 2. The second-order valence-corrected chi connectivity index (χ2v) is 6.84. The minimum absolute atomic E-state index is 0.00572. The fourth-order valence-corrected chi connectivity index (χ4v) is 3.26. The van der Waals surface area contributed by atoms with Gasteiger partial charge in [-0.05, 0) is 42.9 Å². The predicted molar refractivity (Wildman–Crippen MR) is 89.1 cm³/mol. The number of amides is 1. The van der Waals surface area contributed by atoms with Gasteiger partial charge >= 0.3 is 0 Å². The molecule has 1 aliphatic rings. The molecule has 0 aliphatic heterocycles. The average Bonchev–Trinajstić information content (AvgIpc) is 2.44. The van der Waals surface area contributed by atoms with E-state index in [0.29, 0.717) is 16.5 Å². The van der Waals surface area contributed by atoms with Crippen molar-refractivity contribution in [2.24, 2.45) is 11.8 Å². The third-order valence-electron chi connectivity index (χ3n) is 4.24. The number of nitrogens with zero attached hydrogens (tertiary/aromatic N) is 1. The van der Waals surface area contributed by atoms with Gasteiger partial charge in [0, 0.05) is 31.4 Å². The van der Waals surface area contributed by atoms with Crippen LogP contribution in [-0.4, -0.2) is 31.4 Å². The summed E-state index contributed by atoms with van der Waals surface area (Å²) in [5.41, 5.74) is 1.53. The molecule has 1 aliphatic carbocycles. The van der Waals surface area contributed by atoms with E-state index in [1.165, 1.54) is 25.7 Å². The topological polar surface area (TPSA) is 32.3 Å². The van der Waals surface area contributed by atoms with E-state index in [9.17, 15) is 4.79 Å². The SMILES string of the molecule is CC1CCCC(CNc2cc(Cl)ccc2C(=O)N(C)C)C1. The molecule has 0 saturated heterocycles. The number of anilines is 1. The summed E-state index contributed by atoms with van der Waals surface area (Å²) in [7, 11) is 3.53. The first-order valence-electron chi connectivity index (χ1n) is 7.72. The number of nitrogens with one attached hydrogen (secondary N) is 1. The van der Waals surface area contributed by atoms with Crippen molar-refractivity contribution in [3.8, 4) is 0 Å². The van der Waals surface area contributed by atoms with Crippen molar-refractivity contribution >= 4 is 23.2 Å². The smallest absolute Gasteiger partial charge is 0.255 e. The van der Waals surface area contributed by atoms with E-state index in [1.54, 1.807) is 31.1 Å². The highest BCUT2D eigenvalue weighted by atomic mass is 35.5. The Bertz CT molecular complexity index is 502. The summed E-state index contributed by atoms with van der Waals surface area (Å²) in [4.78, 5) is 13.8. The first-order valence-corrected chi connectivity index (χ1v) is 8.10. The van der Waals surface area contributed by atoms with E-state index in [1.807, 2.05) is 6.07 Å². The zero-order chi connectivity index (χ0) is 15.4. The van der Waals surface area contributed by atoms with E-state index in [0.717, 1.165) is 18.2 Å². The monoisotopic (exact) mass is 308 g/mol. The maximum atomic E-state index is 12.2. The largest absolute Gasteiger partial charge is 0.384 e. The van der Waals surface area contributed by atoms with Crippen molar-refractivity contribution < 1.29 is 4.79 Å². The van der Waals surface area contributed by atoms with Crippen LogP contribution >= 0.6 is 11.6 Å². The van der Waals surface area contributed by atoms with E-state index in [-0.39, 0.29) is 5.91 Å². The number of carbonyl (C=O) groups excluding carboxylic acids is 1. The number of halogens is 1. The third kappa shape index (κ3) is 4.37. The molecule has 1 N–H and O–H groups in total. The Morgan fingerprint density at radius 1 is 1.38 bits per heavy atom. The summed E-state index contributed by atoms with van der Waals surface area (Å²) in [6, 6.07) is 5.42. The summed E-state index contributed by atoms with van der Waals surface area (Å²) in [5, 5.41) is 4.11. The summed E-state index contributed by atoms with van der Waals surface area (Å²) >= 11 is 6.08. The molecule has 0 radical (unpaired) electrons. The van der Waals surface area contributed by atoms with Crippen LogP contribution in [-0.2, 0) is 0 Å². The van der Waals surface area contributed by atoms with Crippen molar-refractivity contribution in [2.75, 3.05) is 26.0 Å². The molecule has 2 rings (SSSR count). The molecule has 3 nitrogen and oxygen atoms in total. The van der Waals surface area contributed by atoms with Crippen LogP contribution in [0.5, 0.6) is 0 Å². The average molecular weight is 309 g/mol. The van der Waals surface area contributed by atoms with Crippen molar-refractivity contribution in [3.63, 3.8) is 0 Å². The first kappa shape index (κ1) is 16.2. The Morgan fingerprint density at radius 2 is 2.14 bits per heavy atom. The van der Waals surface area contributed by atoms with Gasteiger partial charge < -0.3 is 10.2 Å². The second-order valence-electron chi connectivity index (χ2n) is 6.41. The van der Waals surface area contributed by atoms with Crippen molar-refractivity contribution in [2.45, 2.75) is 32.6 Å². The number of carbonyl (C=O) groups is 1. The molecule has 0 spiro atoms. The van der Waals surface area contributed by atoms with Crippen LogP contribution in [0.3, 0.4) is 0 Å². The van der Waals surface area contributed by atoms with Gasteiger partial charge in [-0.2, -0.15) is 0 Å². The summed E-state index contributed by atoms with van der Waals surface area (Å²) in [6.07, 6.45) is 5.20. The van der Waals surface area contributed by atoms with Crippen molar-refractivity contribution in [3.05, 3.63) is 28.8 Å². The summed E-state index contributed by atoms with van der Waals surface area (Å²) in [6.45, 7) is 3.24. The van der Waals surface area contributed by atoms with E-state index in [4.69, 9.17) is 11.6 Å². The van der Waals surface area contributed by atoms with Crippen LogP contribution in [0, 0.1) is 11.8 Å². The minimum atomic E-state index is 0.00572. The zero-order valence-electron chi connectivity index (χ0n) is 13.2. The van der Waals surface area contributed by atoms with Gasteiger partial charge in [-0.3, -0.25) is 4.79 Å². The van der Waals surface area contributed by atoms with Gasteiger partial charge in [0.25, 0.3) is 5.91 Å². The van der Waals surface area contributed by atoms with E-state index >= 15 is 0 Å². The Hall–Kier alpha value is -1.22. The first-order chi connectivity index (χ1) is 9.97. The van der Waals surface area contributed by atoms with Crippen LogP contribution in [0.15, 0.2) is 18.2 Å². The van der Waals surface area contributed by atoms with Gasteiger partial charge in [0.2, 0.25) is 0 Å². The normalized spacial score (nSPS) is 21.9. The standard InChI is InChI=1S/C17H25ClN2O/c1-12-5-4-6-13(9-12)11-19-16-10-14(18)7-8-15(16)17(21)20(2)3/h7-8,10,12-13,19H,4-6,9,11H2,1-3H3. The van der Waals surface area contributed by atoms with Crippen LogP contribution in [0.25, 0.3) is 0 Å². The molecular weight excluding hydrogens is 284 g/mol. The lowest BCUT2D eigenvalue weighted by Crippen LogP contribution is -2.25. The van der Waals surface area contributed by atoms with Gasteiger partial charge in [-0.1, -0.05) is 31.4 Å². The van der Waals surface area contributed by atoms with Gasteiger partial charge in [0.1, 0.15) is 0 Å². The Labute approximate surface area is 132 Å². The van der Waals surface area contributed by atoms with Crippen LogP contribution in [0.2, 0.25) is 5.02 Å². The predicted octanol–water partition coefficient (Wildman–Crippen LogP) is 4.28. The lowest BCUT2D eigenvalue weighted by atomic mass is 9.82.